The number of hydrogen-bond donors (Lipinski definition) is 1. The van der Waals surface area contributed by atoms with Gasteiger partial charge in [-0.25, -0.2) is 12.7 Å². The van der Waals surface area contributed by atoms with Gasteiger partial charge in [-0.1, -0.05) is 13.3 Å². The highest BCUT2D eigenvalue weighted by Crippen LogP contribution is 2.21. The van der Waals surface area contributed by atoms with Crippen molar-refractivity contribution in [3.05, 3.63) is 24.0 Å². The predicted molar refractivity (Wildman–Crippen MR) is 70.4 cm³/mol. The van der Waals surface area contributed by atoms with Crippen molar-refractivity contribution in [2.45, 2.75) is 30.6 Å². The Kier molecular flexibility index (Phi) is 5.02. The molecule has 19 heavy (non-hydrogen) atoms. The van der Waals surface area contributed by atoms with E-state index in [1.807, 2.05) is 6.92 Å². The lowest BCUT2D eigenvalue weighted by atomic mass is 9.99. The van der Waals surface area contributed by atoms with Crippen LogP contribution >= 0.6 is 0 Å². The van der Waals surface area contributed by atoms with Crippen LogP contribution in [0.1, 0.15) is 31.4 Å². The molecule has 0 fully saturated rings. The monoisotopic (exact) mass is 286 g/mol. The molecular formula is C12H18N2O4S. The Morgan fingerprint density at radius 1 is 1.42 bits per heavy atom. The summed E-state index contributed by atoms with van der Waals surface area (Å²) in [5, 5.41) is 9.11. The van der Waals surface area contributed by atoms with Crippen LogP contribution in [0.5, 0.6) is 0 Å². The highest BCUT2D eigenvalue weighted by molar-refractivity contribution is 7.89. The molecule has 0 aliphatic rings. The van der Waals surface area contributed by atoms with E-state index in [4.69, 9.17) is 5.11 Å². The van der Waals surface area contributed by atoms with Gasteiger partial charge in [0.1, 0.15) is 4.90 Å². The second-order valence-electron chi connectivity index (χ2n) is 4.39. The summed E-state index contributed by atoms with van der Waals surface area (Å²) in [4.78, 5) is 15.2. The van der Waals surface area contributed by atoms with Crippen LogP contribution in [0.25, 0.3) is 0 Å². The average molecular weight is 286 g/mol. The molecule has 0 aromatic carbocycles. The molecule has 1 aromatic heterocycles. The lowest BCUT2D eigenvalue weighted by Gasteiger charge is -2.13. The number of sulfonamides is 1. The fourth-order valence-corrected chi connectivity index (χ4v) is 2.50. The highest BCUT2D eigenvalue weighted by atomic mass is 32.2. The number of carbonyl (C=O) groups is 1. The molecule has 0 spiro atoms. The number of carboxylic acids is 1. The zero-order valence-electron chi connectivity index (χ0n) is 11.2. The van der Waals surface area contributed by atoms with Crippen LogP contribution in [-0.2, 0) is 14.8 Å². The van der Waals surface area contributed by atoms with Crippen molar-refractivity contribution in [3.63, 3.8) is 0 Å². The molecule has 6 nitrogen and oxygen atoms in total. The van der Waals surface area contributed by atoms with E-state index in [1.54, 1.807) is 0 Å². The largest absolute Gasteiger partial charge is 0.481 e. The predicted octanol–water partition coefficient (Wildman–Crippen LogP) is 1.30. The Morgan fingerprint density at radius 2 is 2.05 bits per heavy atom. The lowest BCUT2D eigenvalue weighted by Crippen LogP contribution is -2.22. The van der Waals surface area contributed by atoms with Crippen LogP contribution in [0.3, 0.4) is 0 Å². The van der Waals surface area contributed by atoms with Crippen LogP contribution in [0, 0.1) is 0 Å². The smallest absolute Gasteiger partial charge is 0.312 e. The van der Waals surface area contributed by atoms with Crippen molar-refractivity contribution >= 4 is 16.0 Å². The van der Waals surface area contributed by atoms with Crippen LogP contribution in [-0.4, -0.2) is 42.9 Å². The third-order valence-corrected chi connectivity index (χ3v) is 4.57. The molecule has 106 valence electrons. The quantitative estimate of drug-likeness (QED) is 0.851. The first-order valence-corrected chi connectivity index (χ1v) is 7.36. The summed E-state index contributed by atoms with van der Waals surface area (Å²) in [5.74, 6) is -1.64. The molecule has 0 radical (unpaired) electrons. The summed E-state index contributed by atoms with van der Waals surface area (Å²) >= 11 is 0. The number of pyridine rings is 1. The molecule has 0 aliphatic heterocycles. The van der Waals surface area contributed by atoms with Crippen molar-refractivity contribution in [1.82, 2.24) is 9.29 Å². The molecule has 1 rings (SSSR count). The second kappa shape index (κ2) is 6.12. The van der Waals surface area contributed by atoms with Crippen molar-refractivity contribution in [2.75, 3.05) is 14.1 Å². The third kappa shape index (κ3) is 3.51. The minimum Gasteiger partial charge on any atom is -0.481 e. The molecule has 0 bridgehead atoms. The molecule has 0 amide bonds. The Balaban J connectivity index is 3.08. The summed E-state index contributed by atoms with van der Waals surface area (Å²) in [5.41, 5.74) is 0.382. The molecule has 1 aromatic rings. The van der Waals surface area contributed by atoms with Crippen LogP contribution in [0.4, 0.5) is 0 Å². The molecule has 1 atom stereocenters. The van der Waals surface area contributed by atoms with Gasteiger partial charge in [-0.15, -0.1) is 0 Å². The van der Waals surface area contributed by atoms with Crippen LogP contribution in [0.15, 0.2) is 23.2 Å². The zero-order chi connectivity index (χ0) is 14.6. The van der Waals surface area contributed by atoms with Gasteiger partial charge in [-0.05, 0) is 18.6 Å². The maximum atomic E-state index is 11.8. The maximum Gasteiger partial charge on any atom is 0.312 e. The van der Waals surface area contributed by atoms with Gasteiger partial charge in [0, 0.05) is 20.3 Å². The first-order chi connectivity index (χ1) is 8.80. The Bertz CT molecular complexity index is 537. The van der Waals surface area contributed by atoms with Gasteiger partial charge < -0.3 is 5.11 Å². The standard InChI is InChI=1S/C12H18N2O4S/c1-4-5-10(12(15)16)11-7-6-9(8-13-11)19(17,18)14(2)3/h6-8,10H,4-5H2,1-3H3,(H,15,16). The summed E-state index contributed by atoms with van der Waals surface area (Å²) in [7, 11) is -0.667. The average Bonchev–Trinajstić information content (AvgIpc) is 2.35. The van der Waals surface area contributed by atoms with Crippen molar-refractivity contribution in [3.8, 4) is 0 Å². The van der Waals surface area contributed by atoms with Gasteiger partial charge in [-0.3, -0.25) is 9.78 Å². The van der Waals surface area contributed by atoms with Gasteiger partial charge in [0.05, 0.1) is 11.6 Å². The summed E-state index contributed by atoms with van der Waals surface area (Å²) in [6.07, 6.45) is 2.40. The second-order valence-corrected chi connectivity index (χ2v) is 6.54. The maximum absolute atomic E-state index is 11.8. The van der Waals surface area contributed by atoms with E-state index in [0.717, 1.165) is 10.7 Å². The molecule has 7 heteroatoms. The third-order valence-electron chi connectivity index (χ3n) is 2.77. The molecule has 1 unspecified atom stereocenters. The normalized spacial score (nSPS) is 13.5. The molecule has 1 heterocycles. The van der Waals surface area contributed by atoms with Crippen LogP contribution in [0.2, 0.25) is 0 Å². The van der Waals surface area contributed by atoms with E-state index in [9.17, 15) is 13.2 Å². The van der Waals surface area contributed by atoms with Gasteiger partial charge in [0.2, 0.25) is 10.0 Å². The number of carboxylic acid groups (broad SMARTS) is 1. The molecule has 0 saturated carbocycles. The number of hydrogen-bond acceptors (Lipinski definition) is 4. The molecule has 0 saturated heterocycles. The summed E-state index contributed by atoms with van der Waals surface area (Å²) in [6, 6.07) is 2.86. The number of rotatable bonds is 6. The number of aromatic nitrogens is 1. The van der Waals surface area contributed by atoms with Gasteiger partial charge >= 0.3 is 5.97 Å². The van der Waals surface area contributed by atoms with Gasteiger partial charge in [0.15, 0.2) is 0 Å². The zero-order valence-corrected chi connectivity index (χ0v) is 12.0. The summed E-state index contributed by atoms with van der Waals surface area (Å²) in [6.45, 7) is 1.89. The minimum absolute atomic E-state index is 0.0573. The van der Waals surface area contributed by atoms with E-state index in [2.05, 4.69) is 4.98 Å². The van der Waals surface area contributed by atoms with E-state index in [1.165, 1.54) is 32.4 Å². The van der Waals surface area contributed by atoms with E-state index < -0.39 is 21.9 Å². The fraction of sp³-hybridized carbons (Fsp3) is 0.500. The number of aliphatic carboxylic acids is 1. The van der Waals surface area contributed by atoms with Crippen LogP contribution < -0.4 is 0 Å². The fourth-order valence-electron chi connectivity index (χ4n) is 1.65. The SMILES string of the molecule is CCCC(C(=O)O)c1ccc(S(=O)(=O)N(C)C)cn1. The lowest BCUT2D eigenvalue weighted by molar-refractivity contribution is -0.139. The van der Waals surface area contributed by atoms with E-state index >= 15 is 0 Å². The first-order valence-electron chi connectivity index (χ1n) is 5.92. The minimum atomic E-state index is -3.53. The van der Waals surface area contributed by atoms with E-state index in [0.29, 0.717) is 12.1 Å². The van der Waals surface area contributed by atoms with Crippen molar-refractivity contribution in [2.24, 2.45) is 0 Å². The first kappa shape index (κ1) is 15.6. The number of nitrogens with zero attached hydrogens (tertiary/aromatic N) is 2. The van der Waals surface area contributed by atoms with E-state index in [-0.39, 0.29) is 4.90 Å². The van der Waals surface area contributed by atoms with Gasteiger partial charge in [-0.2, -0.15) is 0 Å². The topological polar surface area (TPSA) is 87.6 Å². The molecular weight excluding hydrogens is 268 g/mol. The molecule has 1 N–H and O–H groups in total. The molecule has 0 aliphatic carbocycles. The van der Waals surface area contributed by atoms with Gasteiger partial charge in [0.25, 0.3) is 0 Å². The van der Waals surface area contributed by atoms with Crippen molar-refractivity contribution < 1.29 is 18.3 Å². The highest BCUT2D eigenvalue weighted by Gasteiger charge is 2.22. The Hall–Kier alpha value is -1.47. The Labute approximate surface area is 113 Å². The van der Waals surface area contributed by atoms with Crippen molar-refractivity contribution in [1.29, 1.82) is 0 Å². The Morgan fingerprint density at radius 3 is 2.42 bits per heavy atom. The summed E-state index contributed by atoms with van der Waals surface area (Å²) < 4.78 is 24.8.